The van der Waals surface area contributed by atoms with Crippen LogP contribution >= 0.6 is 0 Å². The van der Waals surface area contributed by atoms with E-state index in [1.165, 1.54) is 0 Å². The number of hydrazine groups is 1. The number of hydrogen-bond donors (Lipinski definition) is 2. The minimum atomic E-state index is 0.112. The summed E-state index contributed by atoms with van der Waals surface area (Å²) in [6, 6.07) is 1.81. The summed E-state index contributed by atoms with van der Waals surface area (Å²) in [6.45, 7) is 4.54. The largest absolute Gasteiger partial charge is 0.342 e. The summed E-state index contributed by atoms with van der Waals surface area (Å²) in [5.41, 5.74) is 4.08. The standard InChI is InChI=1S/C11H18N4O/c1-2-14-8-9(13-12)7-10(14)11(16)15-5-3-4-6-15/h7-8,13H,2-6,12H2,1H3. The predicted molar refractivity (Wildman–Crippen MR) is 63.1 cm³/mol. The second-order valence-corrected chi connectivity index (χ2v) is 4.04. The van der Waals surface area contributed by atoms with Gasteiger partial charge < -0.3 is 14.9 Å². The van der Waals surface area contributed by atoms with Crippen LogP contribution in [0.1, 0.15) is 30.3 Å². The van der Waals surface area contributed by atoms with Gasteiger partial charge in [-0.3, -0.25) is 10.6 Å². The molecule has 0 unspecified atom stereocenters. The average molecular weight is 222 g/mol. The molecule has 0 atom stereocenters. The summed E-state index contributed by atoms with van der Waals surface area (Å²) in [4.78, 5) is 14.1. The number of carbonyl (C=O) groups is 1. The number of aromatic nitrogens is 1. The zero-order valence-electron chi connectivity index (χ0n) is 9.57. The molecule has 0 saturated carbocycles. The molecule has 5 heteroatoms. The maximum absolute atomic E-state index is 12.2. The molecule has 1 amide bonds. The van der Waals surface area contributed by atoms with E-state index in [0.29, 0.717) is 0 Å². The summed E-state index contributed by atoms with van der Waals surface area (Å²) in [5.74, 6) is 5.46. The van der Waals surface area contributed by atoms with Crippen molar-refractivity contribution in [1.82, 2.24) is 9.47 Å². The summed E-state index contributed by atoms with van der Waals surface area (Å²) < 4.78 is 1.93. The summed E-state index contributed by atoms with van der Waals surface area (Å²) in [5, 5.41) is 0. The highest BCUT2D eigenvalue weighted by Gasteiger charge is 2.22. The van der Waals surface area contributed by atoms with Gasteiger partial charge in [0.1, 0.15) is 5.69 Å². The molecule has 2 heterocycles. The van der Waals surface area contributed by atoms with Gasteiger partial charge in [0.15, 0.2) is 0 Å². The third-order valence-electron chi connectivity index (χ3n) is 3.02. The van der Waals surface area contributed by atoms with Crippen molar-refractivity contribution in [3.63, 3.8) is 0 Å². The van der Waals surface area contributed by atoms with Crippen molar-refractivity contribution in [3.05, 3.63) is 18.0 Å². The summed E-state index contributed by atoms with van der Waals surface area (Å²) in [7, 11) is 0. The molecule has 0 aromatic carbocycles. The normalized spacial score (nSPS) is 15.5. The first-order valence-corrected chi connectivity index (χ1v) is 5.72. The van der Waals surface area contributed by atoms with Crippen LogP contribution in [0.2, 0.25) is 0 Å². The molecule has 0 spiro atoms. The van der Waals surface area contributed by atoms with Crippen LogP contribution in [-0.4, -0.2) is 28.5 Å². The minimum absolute atomic E-state index is 0.112. The van der Waals surface area contributed by atoms with Crippen LogP contribution in [-0.2, 0) is 6.54 Å². The van der Waals surface area contributed by atoms with E-state index in [9.17, 15) is 4.79 Å². The molecule has 1 aromatic heterocycles. The minimum Gasteiger partial charge on any atom is -0.342 e. The van der Waals surface area contributed by atoms with Gasteiger partial charge in [-0.15, -0.1) is 0 Å². The van der Waals surface area contributed by atoms with E-state index in [1.807, 2.05) is 28.7 Å². The Balaban J connectivity index is 2.23. The van der Waals surface area contributed by atoms with Gasteiger partial charge in [-0.2, -0.15) is 0 Å². The quantitative estimate of drug-likeness (QED) is 0.593. The SMILES string of the molecule is CCn1cc(NN)cc1C(=O)N1CCCC1. The smallest absolute Gasteiger partial charge is 0.270 e. The van der Waals surface area contributed by atoms with Crippen molar-refractivity contribution in [1.29, 1.82) is 0 Å². The van der Waals surface area contributed by atoms with Crippen molar-refractivity contribution < 1.29 is 4.79 Å². The lowest BCUT2D eigenvalue weighted by molar-refractivity contribution is 0.0782. The lowest BCUT2D eigenvalue weighted by atomic mass is 10.3. The summed E-state index contributed by atoms with van der Waals surface area (Å²) in [6.07, 6.45) is 4.09. The highest BCUT2D eigenvalue weighted by Crippen LogP contribution is 2.17. The molecule has 1 fully saturated rings. The van der Waals surface area contributed by atoms with Gasteiger partial charge in [0.2, 0.25) is 0 Å². The Bertz CT molecular complexity index is 379. The van der Waals surface area contributed by atoms with Crippen LogP contribution in [0.3, 0.4) is 0 Å². The number of aryl methyl sites for hydroxylation is 1. The van der Waals surface area contributed by atoms with Gasteiger partial charge in [0.25, 0.3) is 5.91 Å². The van der Waals surface area contributed by atoms with Gasteiger partial charge in [-0.1, -0.05) is 0 Å². The highest BCUT2D eigenvalue weighted by molar-refractivity contribution is 5.94. The fraction of sp³-hybridized carbons (Fsp3) is 0.545. The van der Waals surface area contributed by atoms with Crippen molar-refractivity contribution in [2.75, 3.05) is 18.5 Å². The number of nitrogens with one attached hydrogen (secondary N) is 1. The lowest BCUT2D eigenvalue weighted by Crippen LogP contribution is -2.29. The third-order valence-corrected chi connectivity index (χ3v) is 3.02. The first kappa shape index (κ1) is 11.0. The number of hydrogen-bond acceptors (Lipinski definition) is 3. The van der Waals surface area contributed by atoms with Crippen LogP contribution in [0.25, 0.3) is 0 Å². The van der Waals surface area contributed by atoms with Crippen molar-refractivity contribution in [2.45, 2.75) is 26.3 Å². The lowest BCUT2D eigenvalue weighted by Gasteiger charge is -2.16. The van der Waals surface area contributed by atoms with E-state index in [0.717, 1.165) is 43.9 Å². The Labute approximate surface area is 95.2 Å². The molecule has 0 radical (unpaired) electrons. The Kier molecular flexibility index (Phi) is 3.14. The van der Waals surface area contributed by atoms with Gasteiger partial charge in [-0.25, -0.2) is 0 Å². The van der Waals surface area contributed by atoms with Gasteiger partial charge in [0, 0.05) is 25.8 Å². The molecule has 16 heavy (non-hydrogen) atoms. The number of nitrogen functional groups attached to an aromatic ring is 1. The molecule has 2 rings (SSSR count). The Morgan fingerprint density at radius 3 is 2.75 bits per heavy atom. The maximum atomic E-state index is 12.2. The molecule has 1 aliphatic heterocycles. The van der Waals surface area contributed by atoms with Crippen LogP contribution in [0.4, 0.5) is 5.69 Å². The van der Waals surface area contributed by atoms with Gasteiger partial charge >= 0.3 is 0 Å². The number of amides is 1. The molecule has 5 nitrogen and oxygen atoms in total. The monoisotopic (exact) mass is 222 g/mol. The topological polar surface area (TPSA) is 63.3 Å². The zero-order chi connectivity index (χ0) is 11.5. The summed E-state index contributed by atoms with van der Waals surface area (Å²) >= 11 is 0. The molecule has 1 saturated heterocycles. The molecular formula is C11H18N4O. The van der Waals surface area contributed by atoms with E-state index in [-0.39, 0.29) is 5.91 Å². The molecule has 1 aliphatic rings. The highest BCUT2D eigenvalue weighted by atomic mass is 16.2. The zero-order valence-corrected chi connectivity index (χ0v) is 9.57. The molecule has 88 valence electrons. The van der Waals surface area contributed by atoms with E-state index < -0.39 is 0 Å². The maximum Gasteiger partial charge on any atom is 0.270 e. The molecule has 1 aromatic rings. The first-order chi connectivity index (χ1) is 7.76. The van der Waals surface area contributed by atoms with Crippen LogP contribution in [0.5, 0.6) is 0 Å². The van der Waals surface area contributed by atoms with Crippen molar-refractivity contribution in [3.8, 4) is 0 Å². The van der Waals surface area contributed by atoms with E-state index in [4.69, 9.17) is 5.84 Å². The number of carbonyl (C=O) groups excluding carboxylic acids is 1. The number of nitrogens with zero attached hydrogens (tertiary/aromatic N) is 2. The van der Waals surface area contributed by atoms with E-state index in [2.05, 4.69) is 5.43 Å². The average Bonchev–Trinajstić information content (AvgIpc) is 2.96. The number of nitrogens with two attached hydrogens (primary N) is 1. The van der Waals surface area contributed by atoms with Crippen molar-refractivity contribution >= 4 is 11.6 Å². The fourth-order valence-electron chi connectivity index (χ4n) is 2.11. The molecule has 0 bridgehead atoms. The Morgan fingerprint density at radius 1 is 1.50 bits per heavy atom. The Morgan fingerprint density at radius 2 is 2.19 bits per heavy atom. The van der Waals surface area contributed by atoms with Crippen LogP contribution in [0, 0.1) is 0 Å². The van der Waals surface area contributed by atoms with Crippen LogP contribution < -0.4 is 11.3 Å². The second-order valence-electron chi connectivity index (χ2n) is 4.04. The third kappa shape index (κ3) is 1.90. The number of rotatable bonds is 3. The molecule has 3 N–H and O–H groups in total. The number of likely N-dealkylation sites (tertiary alicyclic amines) is 1. The number of anilines is 1. The fourth-order valence-corrected chi connectivity index (χ4v) is 2.11. The molecule has 0 aliphatic carbocycles. The van der Waals surface area contributed by atoms with Crippen LogP contribution in [0.15, 0.2) is 12.3 Å². The predicted octanol–water partition coefficient (Wildman–Crippen LogP) is 1.03. The van der Waals surface area contributed by atoms with Crippen molar-refractivity contribution in [2.24, 2.45) is 5.84 Å². The van der Waals surface area contributed by atoms with E-state index >= 15 is 0 Å². The molecular weight excluding hydrogens is 204 g/mol. The van der Waals surface area contributed by atoms with Gasteiger partial charge in [0.05, 0.1) is 5.69 Å². The first-order valence-electron chi connectivity index (χ1n) is 5.72. The second kappa shape index (κ2) is 4.57. The van der Waals surface area contributed by atoms with Gasteiger partial charge in [-0.05, 0) is 25.8 Å². The Hall–Kier alpha value is -1.49. The van der Waals surface area contributed by atoms with E-state index in [1.54, 1.807) is 0 Å².